The maximum Gasteiger partial charge on any atom is 0.223 e. The van der Waals surface area contributed by atoms with Gasteiger partial charge < -0.3 is 15.0 Å². The molecule has 2 heterocycles. The van der Waals surface area contributed by atoms with Crippen molar-refractivity contribution < 1.29 is 13.9 Å². The third-order valence-corrected chi connectivity index (χ3v) is 5.36. The number of carbonyl (C=O) groups excluding carboxylic acids is 1. The molecule has 1 aliphatic heterocycles. The van der Waals surface area contributed by atoms with Crippen molar-refractivity contribution in [2.24, 2.45) is 5.92 Å². The molecule has 1 atom stereocenters. The summed E-state index contributed by atoms with van der Waals surface area (Å²) in [6, 6.07) is 4.69. The molecule has 130 valence electrons. The number of benzene rings is 1. The van der Waals surface area contributed by atoms with Crippen LogP contribution in [-0.4, -0.2) is 43.7 Å². The lowest BCUT2D eigenvalue weighted by atomic mass is 9.96. The number of nitrogens with zero attached hydrogens (tertiary/aromatic N) is 2. The molecule has 1 saturated heterocycles. The van der Waals surface area contributed by atoms with Gasteiger partial charge in [0.2, 0.25) is 5.91 Å². The zero-order chi connectivity index (χ0) is 17.1. The summed E-state index contributed by atoms with van der Waals surface area (Å²) < 4.78 is 19.2. The Morgan fingerprint density at radius 2 is 2.25 bits per heavy atom. The number of carbonyl (C=O) groups is 1. The fourth-order valence-electron chi connectivity index (χ4n) is 3.01. The average Bonchev–Trinajstić information content (AvgIpc) is 2.98. The van der Waals surface area contributed by atoms with Gasteiger partial charge in [-0.2, -0.15) is 0 Å². The number of hydrogen-bond acceptors (Lipinski definition) is 5. The van der Waals surface area contributed by atoms with Gasteiger partial charge in [-0.05, 0) is 38.0 Å². The summed E-state index contributed by atoms with van der Waals surface area (Å²) in [5.74, 6) is -0.101. The number of amides is 1. The molecule has 1 aromatic heterocycles. The molecular weight excluding hydrogens is 329 g/mol. The first-order valence-corrected chi connectivity index (χ1v) is 8.99. The summed E-state index contributed by atoms with van der Waals surface area (Å²) >= 11 is 1.50. The lowest BCUT2D eigenvalue weighted by Crippen LogP contribution is -2.44. The second kappa shape index (κ2) is 7.44. The molecule has 1 unspecified atom stereocenters. The van der Waals surface area contributed by atoms with Crippen LogP contribution in [0.3, 0.4) is 0 Å². The third kappa shape index (κ3) is 3.84. The Labute approximate surface area is 144 Å². The first-order chi connectivity index (χ1) is 11.6. The van der Waals surface area contributed by atoms with Crippen molar-refractivity contribution in [1.82, 2.24) is 10.3 Å². The van der Waals surface area contributed by atoms with E-state index >= 15 is 0 Å². The van der Waals surface area contributed by atoms with E-state index in [4.69, 9.17) is 4.74 Å². The van der Waals surface area contributed by atoms with Gasteiger partial charge in [-0.3, -0.25) is 4.79 Å². The van der Waals surface area contributed by atoms with Crippen LogP contribution in [0.5, 0.6) is 0 Å². The third-order valence-electron chi connectivity index (χ3n) is 4.28. The molecule has 1 fully saturated rings. The van der Waals surface area contributed by atoms with Crippen molar-refractivity contribution in [2.45, 2.75) is 25.8 Å². The number of halogens is 1. The predicted octanol–water partition coefficient (Wildman–Crippen LogP) is 2.80. The average molecular weight is 351 g/mol. The van der Waals surface area contributed by atoms with Gasteiger partial charge in [0.15, 0.2) is 5.13 Å². The van der Waals surface area contributed by atoms with Gasteiger partial charge >= 0.3 is 0 Å². The Bertz CT molecular complexity index is 713. The van der Waals surface area contributed by atoms with Crippen LogP contribution in [0.4, 0.5) is 9.52 Å². The van der Waals surface area contributed by atoms with Crippen LogP contribution in [0.15, 0.2) is 18.2 Å². The Morgan fingerprint density at radius 3 is 2.96 bits per heavy atom. The highest BCUT2D eigenvalue weighted by Gasteiger charge is 2.27. The smallest absolute Gasteiger partial charge is 0.223 e. The second-order valence-electron chi connectivity index (χ2n) is 6.23. The summed E-state index contributed by atoms with van der Waals surface area (Å²) in [4.78, 5) is 19.0. The molecule has 1 aromatic carbocycles. The van der Waals surface area contributed by atoms with Crippen LogP contribution in [0.2, 0.25) is 0 Å². The minimum absolute atomic E-state index is 0.0275. The highest BCUT2D eigenvalue weighted by molar-refractivity contribution is 7.22. The highest BCUT2D eigenvalue weighted by Crippen LogP contribution is 2.31. The van der Waals surface area contributed by atoms with Crippen molar-refractivity contribution in [3.63, 3.8) is 0 Å². The molecule has 0 saturated carbocycles. The summed E-state index contributed by atoms with van der Waals surface area (Å²) in [5, 5.41) is 3.90. The van der Waals surface area contributed by atoms with Gasteiger partial charge in [-0.1, -0.05) is 11.3 Å². The summed E-state index contributed by atoms with van der Waals surface area (Å²) in [5.41, 5.74) is 0.824. The molecule has 24 heavy (non-hydrogen) atoms. The van der Waals surface area contributed by atoms with Crippen LogP contribution in [0.1, 0.15) is 19.8 Å². The Hall–Kier alpha value is -1.73. The molecule has 1 amide bonds. The topological polar surface area (TPSA) is 54.5 Å². The standard InChI is InChI=1S/C17H22FN3O2S/c1-11(10-23-2)19-16(22)12-5-7-21(8-6-12)17-20-14-4-3-13(18)9-15(14)24-17/h3-4,9,11-12H,5-8,10H2,1-2H3,(H,19,22). The number of methoxy groups -OCH3 is 1. The first-order valence-electron chi connectivity index (χ1n) is 8.17. The molecule has 1 aliphatic rings. The van der Waals surface area contributed by atoms with E-state index < -0.39 is 0 Å². The highest BCUT2D eigenvalue weighted by atomic mass is 32.1. The van der Waals surface area contributed by atoms with E-state index in [1.54, 1.807) is 13.2 Å². The number of aromatic nitrogens is 1. The second-order valence-corrected chi connectivity index (χ2v) is 7.24. The number of hydrogen-bond donors (Lipinski definition) is 1. The Morgan fingerprint density at radius 1 is 1.50 bits per heavy atom. The van der Waals surface area contributed by atoms with Crippen LogP contribution < -0.4 is 10.2 Å². The van der Waals surface area contributed by atoms with Gasteiger partial charge in [0.05, 0.1) is 16.8 Å². The molecule has 0 aliphatic carbocycles. The van der Waals surface area contributed by atoms with Gasteiger partial charge in [0.25, 0.3) is 0 Å². The van der Waals surface area contributed by atoms with Gasteiger partial charge in [0.1, 0.15) is 5.82 Å². The molecule has 3 rings (SSSR count). The van der Waals surface area contributed by atoms with Crippen molar-refractivity contribution in [3.05, 3.63) is 24.0 Å². The molecule has 0 spiro atoms. The lowest BCUT2D eigenvalue weighted by Gasteiger charge is -2.31. The van der Waals surface area contributed by atoms with Gasteiger partial charge in [0, 0.05) is 32.2 Å². The first kappa shape index (κ1) is 17.1. The summed E-state index contributed by atoms with van der Waals surface area (Å²) in [6.07, 6.45) is 1.60. The monoisotopic (exact) mass is 351 g/mol. The largest absolute Gasteiger partial charge is 0.383 e. The van der Waals surface area contributed by atoms with E-state index in [1.807, 2.05) is 6.92 Å². The zero-order valence-electron chi connectivity index (χ0n) is 13.9. The number of piperidine rings is 1. The SMILES string of the molecule is COCC(C)NC(=O)C1CCN(c2nc3ccc(F)cc3s2)CC1. The van der Waals surface area contributed by atoms with E-state index in [0.29, 0.717) is 6.61 Å². The minimum atomic E-state index is -0.238. The number of thiazole rings is 1. The zero-order valence-corrected chi connectivity index (χ0v) is 14.7. The summed E-state index contributed by atoms with van der Waals surface area (Å²) in [7, 11) is 1.63. The van der Waals surface area contributed by atoms with Crippen LogP contribution in [0, 0.1) is 11.7 Å². The number of nitrogens with one attached hydrogen (secondary N) is 1. The number of anilines is 1. The summed E-state index contributed by atoms with van der Waals surface area (Å²) in [6.45, 7) is 4.04. The minimum Gasteiger partial charge on any atom is -0.383 e. The molecule has 0 radical (unpaired) electrons. The van der Waals surface area contributed by atoms with Crippen LogP contribution >= 0.6 is 11.3 Å². The van der Waals surface area contributed by atoms with E-state index in [9.17, 15) is 9.18 Å². The van der Waals surface area contributed by atoms with Gasteiger partial charge in [-0.25, -0.2) is 9.37 Å². The molecule has 5 nitrogen and oxygen atoms in total. The quantitative estimate of drug-likeness (QED) is 0.900. The Kier molecular flexibility index (Phi) is 5.30. The van der Waals surface area contributed by atoms with Crippen LogP contribution in [0.25, 0.3) is 10.2 Å². The Balaban J connectivity index is 1.58. The number of rotatable bonds is 5. The normalized spacial score (nSPS) is 17.2. The fourth-order valence-corrected chi connectivity index (χ4v) is 4.05. The van der Waals surface area contributed by atoms with Gasteiger partial charge in [-0.15, -0.1) is 0 Å². The van der Waals surface area contributed by atoms with E-state index in [-0.39, 0.29) is 23.7 Å². The molecule has 1 N–H and O–H groups in total. The van der Waals surface area contributed by atoms with Crippen LogP contribution in [-0.2, 0) is 9.53 Å². The van der Waals surface area contributed by atoms with Crippen molar-refractivity contribution >= 4 is 32.6 Å². The number of fused-ring (bicyclic) bond motifs is 1. The fraction of sp³-hybridized carbons (Fsp3) is 0.529. The molecule has 2 aromatic rings. The van der Waals surface area contributed by atoms with E-state index in [0.717, 1.165) is 41.3 Å². The van der Waals surface area contributed by atoms with E-state index in [1.165, 1.54) is 23.5 Å². The molecule has 7 heteroatoms. The van der Waals surface area contributed by atoms with Crippen molar-refractivity contribution in [3.8, 4) is 0 Å². The predicted molar refractivity (Wildman–Crippen MR) is 94.0 cm³/mol. The van der Waals surface area contributed by atoms with E-state index in [2.05, 4.69) is 15.2 Å². The molecular formula is C17H22FN3O2S. The number of ether oxygens (including phenoxy) is 1. The maximum absolute atomic E-state index is 13.3. The lowest BCUT2D eigenvalue weighted by molar-refractivity contribution is -0.126. The molecule has 0 bridgehead atoms. The maximum atomic E-state index is 13.3. The van der Waals surface area contributed by atoms with Crippen molar-refractivity contribution in [1.29, 1.82) is 0 Å². The van der Waals surface area contributed by atoms with Crippen molar-refractivity contribution in [2.75, 3.05) is 31.7 Å².